The van der Waals surface area contributed by atoms with E-state index in [0.717, 1.165) is 46.9 Å². The molecule has 0 atom stereocenters. The summed E-state index contributed by atoms with van der Waals surface area (Å²) in [5.41, 5.74) is 12.9. The Morgan fingerprint density at radius 2 is 2.04 bits per heavy atom. The maximum absolute atomic E-state index is 7.74. The lowest BCUT2D eigenvalue weighted by Gasteiger charge is -2.22. The van der Waals surface area contributed by atoms with Crippen LogP contribution in [0.5, 0.6) is 0 Å². The lowest BCUT2D eigenvalue weighted by Crippen LogP contribution is -2.12. The Morgan fingerprint density at radius 3 is 2.78 bits per heavy atom. The number of pyridine rings is 1. The minimum Gasteiger partial charge on any atom is -0.402 e. The van der Waals surface area contributed by atoms with Gasteiger partial charge in [0.1, 0.15) is 0 Å². The molecule has 3 aromatic rings. The number of fused-ring (bicyclic) bond motifs is 5. The topological polar surface area (TPSA) is 91.4 Å². The third-order valence-electron chi connectivity index (χ3n) is 4.71. The van der Waals surface area contributed by atoms with E-state index in [0.29, 0.717) is 5.70 Å². The summed E-state index contributed by atoms with van der Waals surface area (Å²) in [6.07, 6.45) is 7.59. The first-order valence-electron chi connectivity index (χ1n) is 7.95. The van der Waals surface area contributed by atoms with E-state index in [9.17, 15) is 0 Å². The SMILES string of the molecule is CC(N)=C(C=N)c1nc2ccc3[nH]ncc3c2c2c1CCCC2. The van der Waals surface area contributed by atoms with Crippen molar-refractivity contribution in [2.45, 2.75) is 32.6 Å². The van der Waals surface area contributed by atoms with Crippen LogP contribution in [0.3, 0.4) is 0 Å². The molecule has 2 aromatic heterocycles. The molecule has 23 heavy (non-hydrogen) atoms. The number of allylic oxidation sites excluding steroid dienone is 2. The Kier molecular flexibility index (Phi) is 3.15. The molecule has 0 aliphatic heterocycles. The van der Waals surface area contributed by atoms with Gasteiger partial charge in [-0.25, -0.2) is 4.98 Å². The number of nitrogens with one attached hydrogen (secondary N) is 2. The van der Waals surface area contributed by atoms with Crippen molar-refractivity contribution >= 4 is 33.6 Å². The molecule has 0 radical (unpaired) electrons. The van der Waals surface area contributed by atoms with Gasteiger partial charge < -0.3 is 11.1 Å². The van der Waals surface area contributed by atoms with Crippen molar-refractivity contribution < 1.29 is 0 Å². The number of nitrogens with zero attached hydrogens (tertiary/aromatic N) is 2. The van der Waals surface area contributed by atoms with Crippen LogP contribution in [0, 0.1) is 5.41 Å². The van der Waals surface area contributed by atoms with Crippen LogP contribution < -0.4 is 5.73 Å². The van der Waals surface area contributed by atoms with Crippen LogP contribution in [-0.2, 0) is 12.8 Å². The molecule has 1 aliphatic carbocycles. The van der Waals surface area contributed by atoms with E-state index in [1.807, 2.05) is 25.3 Å². The maximum Gasteiger partial charge on any atom is 0.0776 e. The molecule has 0 saturated carbocycles. The lowest BCUT2D eigenvalue weighted by molar-refractivity contribution is 0.686. The summed E-state index contributed by atoms with van der Waals surface area (Å²) in [6.45, 7) is 1.83. The van der Waals surface area contributed by atoms with E-state index in [4.69, 9.17) is 16.1 Å². The van der Waals surface area contributed by atoms with Gasteiger partial charge in [0.25, 0.3) is 0 Å². The second kappa shape index (κ2) is 5.19. The smallest absolute Gasteiger partial charge is 0.0776 e. The minimum absolute atomic E-state index is 0.643. The van der Waals surface area contributed by atoms with Gasteiger partial charge in [0.05, 0.1) is 22.9 Å². The van der Waals surface area contributed by atoms with Crippen molar-refractivity contribution in [3.63, 3.8) is 0 Å². The molecule has 4 N–H and O–H groups in total. The maximum atomic E-state index is 7.74. The molecule has 1 aromatic carbocycles. The Morgan fingerprint density at radius 1 is 1.26 bits per heavy atom. The van der Waals surface area contributed by atoms with E-state index in [1.165, 1.54) is 29.1 Å². The quantitative estimate of drug-likeness (QED) is 0.634. The van der Waals surface area contributed by atoms with Gasteiger partial charge in [-0.15, -0.1) is 0 Å². The van der Waals surface area contributed by atoms with E-state index >= 15 is 0 Å². The van der Waals surface area contributed by atoms with E-state index in [1.54, 1.807) is 0 Å². The summed E-state index contributed by atoms with van der Waals surface area (Å²) in [7, 11) is 0. The molecule has 116 valence electrons. The molecule has 0 unspecified atom stereocenters. The first-order valence-corrected chi connectivity index (χ1v) is 7.95. The summed E-state index contributed by atoms with van der Waals surface area (Å²) in [6, 6.07) is 4.04. The Bertz CT molecular complexity index is 960. The number of aryl methyl sites for hydroxylation is 1. The summed E-state index contributed by atoms with van der Waals surface area (Å²) in [5.74, 6) is 0. The zero-order valence-electron chi connectivity index (χ0n) is 13.1. The Hall–Kier alpha value is -2.69. The fourth-order valence-electron chi connectivity index (χ4n) is 3.64. The highest BCUT2D eigenvalue weighted by Crippen LogP contribution is 2.36. The molecular formula is C18H19N5. The zero-order chi connectivity index (χ0) is 16.0. The molecule has 0 amide bonds. The minimum atomic E-state index is 0.643. The predicted molar refractivity (Wildman–Crippen MR) is 93.6 cm³/mol. The molecule has 0 saturated heterocycles. The Labute approximate surface area is 134 Å². The Balaban J connectivity index is 2.16. The van der Waals surface area contributed by atoms with Crippen LogP contribution in [0.2, 0.25) is 0 Å². The fraction of sp³-hybridized carbons (Fsp3) is 0.278. The van der Waals surface area contributed by atoms with Gasteiger partial charge in [-0.1, -0.05) is 0 Å². The van der Waals surface area contributed by atoms with E-state index < -0.39 is 0 Å². The number of rotatable bonds is 2. The second-order valence-electron chi connectivity index (χ2n) is 6.16. The largest absolute Gasteiger partial charge is 0.402 e. The van der Waals surface area contributed by atoms with Crippen LogP contribution in [0.4, 0.5) is 0 Å². The van der Waals surface area contributed by atoms with Gasteiger partial charge >= 0.3 is 0 Å². The molecule has 0 bridgehead atoms. The molecule has 4 rings (SSSR count). The van der Waals surface area contributed by atoms with E-state index in [2.05, 4.69) is 10.2 Å². The molecular weight excluding hydrogens is 286 g/mol. The third-order valence-corrected chi connectivity index (χ3v) is 4.71. The zero-order valence-corrected chi connectivity index (χ0v) is 13.1. The summed E-state index contributed by atoms with van der Waals surface area (Å²) >= 11 is 0. The average molecular weight is 305 g/mol. The van der Waals surface area contributed by atoms with Crippen molar-refractivity contribution in [2.24, 2.45) is 5.73 Å². The number of H-pyrrole nitrogens is 1. The number of aromatic nitrogens is 3. The summed E-state index contributed by atoms with van der Waals surface area (Å²) in [4.78, 5) is 4.88. The number of hydrogen-bond acceptors (Lipinski definition) is 4. The van der Waals surface area contributed by atoms with Crippen molar-refractivity contribution in [1.82, 2.24) is 15.2 Å². The first kappa shape index (κ1) is 13.9. The van der Waals surface area contributed by atoms with Crippen LogP contribution in [0.25, 0.3) is 27.4 Å². The van der Waals surface area contributed by atoms with Gasteiger partial charge in [-0.3, -0.25) is 5.10 Å². The summed E-state index contributed by atoms with van der Waals surface area (Å²) in [5, 5.41) is 17.3. The normalized spacial score (nSPS) is 15.5. The standard InChI is InChI=1S/C18H19N5/c1-10(20)13(8-19)18-12-5-3-2-4-11(12)17-14-9-21-23-15(14)6-7-16(17)22-18/h6-9,19H,2-5,20H2,1H3,(H,21,23). The summed E-state index contributed by atoms with van der Waals surface area (Å²) < 4.78 is 0. The van der Waals surface area contributed by atoms with E-state index in [-0.39, 0.29) is 0 Å². The molecule has 1 aliphatic rings. The van der Waals surface area contributed by atoms with Gasteiger partial charge in [0, 0.05) is 28.3 Å². The van der Waals surface area contributed by atoms with Gasteiger partial charge in [0.15, 0.2) is 0 Å². The fourth-order valence-corrected chi connectivity index (χ4v) is 3.64. The second-order valence-corrected chi connectivity index (χ2v) is 6.16. The highest BCUT2D eigenvalue weighted by molar-refractivity contribution is 6.12. The average Bonchev–Trinajstić information content (AvgIpc) is 3.03. The van der Waals surface area contributed by atoms with Gasteiger partial charge in [0.2, 0.25) is 0 Å². The van der Waals surface area contributed by atoms with Crippen molar-refractivity contribution in [3.05, 3.63) is 40.8 Å². The molecule has 0 fully saturated rings. The van der Waals surface area contributed by atoms with Gasteiger partial charge in [-0.2, -0.15) is 5.10 Å². The molecule has 5 nitrogen and oxygen atoms in total. The predicted octanol–water partition coefficient (Wildman–Crippen LogP) is 3.33. The first-order chi connectivity index (χ1) is 11.2. The highest BCUT2D eigenvalue weighted by atomic mass is 15.1. The van der Waals surface area contributed by atoms with Crippen molar-refractivity contribution in [3.8, 4) is 0 Å². The van der Waals surface area contributed by atoms with Gasteiger partial charge in [-0.05, 0) is 55.9 Å². The van der Waals surface area contributed by atoms with Crippen LogP contribution in [-0.4, -0.2) is 21.4 Å². The monoisotopic (exact) mass is 305 g/mol. The van der Waals surface area contributed by atoms with Crippen LogP contribution >= 0.6 is 0 Å². The molecule has 2 heterocycles. The van der Waals surface area contributed by atoms with Crippen LogP contribution in [0.1, 0.15) is 36.6 Å². The number of nitrogens with two attached hydrogens (primary N) is 1. The van der Waals surface area contributed by atoms with Crippen molar-refractivity contribution in [2.75, 3.05) is 0 Å². The van der Waals surface area contributed by atoms with Crippen molar-refractivity contribution in [1.29, 1.82) is 5.41 Å². The lowest BCUT2D eigenvalue weighted by atomic mass is 9.85. The number of hydrogen-bond donors (Lipinski definition) is 3. The van der Waals surface area contributed by atoms with Crippen LogP contribution in [0.15, 0.2) is 24.0 Å². The highest BCUT2D eigenvalue weighted by Gasteiger charge is 2.22. The number of benzene rings is 1. The third kappa shape index (κ3) is 2.04. The molecule has 0 spiro atoms. The molecule has 5 heteroatoms. The number of aromatic amines is 1.